The molecule has 0 saturated heterocycles. The molecule has 0 spiro atoms. The molecule has 8 heteroatoms. The van der Waals surface area contributed by atoms with Crippen molar-refractivity contribution in [2.75, 3.05) is 0 Å². The Morgan fingerprint density at radius 2 is 1.95 bits per heavy atom. The zero-order valence-corrected chi connectivity index (χ0v) is 12.4. The molecule has 108 valence electrons. The van der Waals surface area contributed by atoms with Gasteiger partial charge in [0.15, 0.2) is 0 Å². The van der Waals surface area contributed by atoms with Crippen LogP contribution >= 0.6 is 27.5 Å². The van der Waals surface area contributed by atoms with Crippen molar-refractivity contribution in [3.8, 4) is 0 Å². The topological polar surface area (TPSA) is 104 Å². The molecule has 20 heavy (non-hydrogen) atoms. The van der Waals surface area contributed by atoms with Gasteiger partial charge in [-0.1, -0.05) is 11.6 Å². The van der Waals surface area contributed by atoms with Crippen molar-refractivity contribution in [1.29, 1.82) is 0 Å². The summed E-state index contributed by atoms with van der Waals surface area (Å²) in [7, 11) is 0. The molecule has 0 aliphatic heterocycles. The fraction of sp³-hybridized carbons (Fsp3) is 0.250. The number of benzene rings is 1. The molecule has 0 unspecified atom stereocenters. The third kappa shape index (κ3) is 4.82. The number of carboxylic acid groups (broad SMARTS) is 2. The van der Waals surface area contributed by atoms with Gasteiger partial charge in [-0.25, -0.2) is 4.79 Å². The van der Waals surface area contributed by atoms with Gasteiger partial charge in [-0.05, 0) is 40.5 Å². The minimum atomic E-state index is -1.28. The van der Waals surface area contributed by atoms with E-state index in [0.29, 0.717) is 9.50 Å². The Kier molecular flexibility index (Phi) is 5.97. The fourth-order valence-corrected chi connectivity index (χ4v) is 1.90. The molecule has 0 radical (unpaired) electrons. The first kappa shape index (κ1) is 16.5. The van der Waals surface area contributed by atoms with E-state index in [0.717, 1.165) is 0 Å². The van der Waals surface area contributed by atoms with Crippen molar-refractivity contribution in [3.05, 3.63) is 33.3 Å². The molecule has 3 N–H and O–H groups in total. The summed E-state index contributed by atoms with van der Waals surface area (Å²) in [6.45, 7) is 0. The molecule has 0 bridgehead atoms. The summed E-state index contributed by atoms with van der Waals surface area (Å²) in [6.07, 6.45) is -0.535. The van der Waals surface area contributed by atoms with Crippen LogP contribution in [-0.4, -0.2) is 34.1 Å². The average Bonchev–Trinajstić information content (AvgIpc) is 2.36. The smallest absolute Gasteiger partial charge is 0.326 e. The van der Waals surface area contributed by atoms with Crippen LogP contribution in [0, 0.1) is 0 Å². The molecule has 0 saturated carbocycles. The predicted molar refractivity (Wildman–Crippen MR) is 74.9 cm³/mol. The first-order chi connectivity index (χ1) is 9.31. The Hall–Kier alpha value is -1.60. The van der Waals surface area contributed by atoms with Crippen molar-refractivity contribution in [2.45, 2.75) is 18.9 Å². The molecule has 0 aromatic heterocycles. The summed E-state index contributed by atoms with van der Waals surface area (Å²) in [4.78, 5) is 33.3. The summed E-state index contributed by atoms with van der Waals surface area (Å²) in [5.74, 6) is -3.02. The van der Waals surface area contributed by atoms with E-state index in [1.54, 1.807) is 0 Å². The molecule has 1 atom stereocenters. The lowest BCUT2D eigenvalue weighted by molar-refractivity contribution is -0.140. The van der Waals surface area contributed by atoms with E-state index in [1.165, 1.54) is 18.2 Å². The third-order valence-corrected chi connectivity index (χ3v) is 3.65. The Labute approximate surface area is 127 Å². The molecule has 1 rings (SSSR count). The van der Waals surface area contributed by atoms with Crippen LogP contribution in [0.15, 0.2) is 22.7 Å². The Balaban J connectivity index is 2.77. The van der Waals surface area contributed by atoms with Crippen molar-refractivity contribution < 1.29 is 24.6 Å². The number of carboxylic acids is 2. The predicted octanol–water partition coefficient (Wildman–Crippen LogP) is 2.15. The maximum absolute atomic E-state index is 11.9. The van der Waals surface area contributed by atoms with E-state index >= 15 is 0 Å². The second-order valence-corrected chi connectivity index (χ2v) is 5.19. The quantitative estimate of drug-likeness (QED) is 0.717. The standard InChI is InChI=1S/C12H11BrClNO5/c13-7-5-6(1-2-8(7)14)11(18)15-9(12(19)20)3-4-10(16)17/h1-2,5,9H,3-4H2,(H,15,18)(H,16,17)(H,19,20)/t9-/m0/s1. The molecule has 1 aromatic rings. The number of halogens is 2. The van der Waals surface area contributed by atoms with Crippen LogP contribution in [-0.2, 0) is 9.59 Å². The Morgan fingerprint density at radius 1 is 1.30 bits per heavy atom. The minimum absolute atomic E-state index is 0.189. The highest BCUT2D eigenvalue weighted by molar-refractivity contribution is 9.10. The number of carbonyl (C=O) groups is 3. The lowest BCUT2D eigenvalue weighted by Gasteiger charge is -2.13. The number of amides is 1. The Bertz CT molecular complexity index is 549. The lowest BCUT2D eigenvalue weighted by atomic mass is 10.1. The zero-order chi connectivity index (χ0) is 15.3. The van der Waals surface area contributed by atoms with E-state index in [2.05, 4.69) is 21.2 Å². The van der Waals surface area contributed by atoms with Crippen molar-refractivity contribution in [2.24, 2.45) is 0 Å². The Morgan fingerprint density at radius 3 is 2.45 bits per heavy atom. The molecule has 0 aliphatic rings. The van der Waals surface area contributed by atoms with Gasteiger partial charge in [0.2, 0.25) is 0 Å². The number of carbonyl (C=O) groups excluding carboxylic acids is 1. The normalized spacial score (nSPS) is 11.7. The van der Waals surface area contributed by atoms with Gasteiger partial charge in [-0.15, -0.1) is 0 Å². The molecule has 6 nitrogen and oxygen atoms in total. The summed E-state index contributed by atoms with van der Waals surface area (Å²) in [5, 5.41) is 20.2. The highest BCUT2D eigenvalue weighted by atomic mass is 79.9. The maximum atomic E-state index is 11.9. The number of nitrogens with one attached hydrogen (secondary N) is 1. The second-order valence-electron chi connectivity index (χ2n) is 3.93. The van der Waals surface area contributed by atoms with Crippen molar-refractivity contribution in [1.82, 2.24) is 5.32 Å². The van der Waals surface area contributed by atoms with Crippen LogP contribution in [0.1, 0.15) is 23.2 Å². The average molecular weight is 365 g/mol. The second kappa shape index (κ2) is 7.25. The van der Waals surface area contributed by atoms with Gasteiger partial charge in [0.05, 0.1) is 5.02 Å². The van der Waals surface area contributed by atoms with Gasteiger partial charge in [-0.2, -0.15) is 0 Å². The summed E-state index contributed by atoms with van der Waals surface area (Å²) >= 11 is 8.94. The molecule has 0 heterocycles. The fourth-order valence-electron chi connectivity index (χ4n) is 1.40. The van der Waals surface area contributed by atoms with E-state index in [1.807, 2.05) is 0 Å². The third-order valence-electron chi connectivity index (χ3n) is 2.43. The van der Waals surface area contributed by atoms with Gasteiger partial charge in [0.25, 0.3) is 5.91 Å². The van der Waals surface area contributed by atoms with Crippen molar-refractivity contribution >= 4 is 45.4 Å². The largest absolute Gasteiger partial charge is 0.481 e. The van der Waals surface area contributed by atoms with Crippen LogP contribution < -0.4 is 5.32 Å². The molecular weight excluding hydrogens is 353 g/mol. The number of aliphatic carboxylic acids is 2. The number of rotatable bonds is 6. The first-order valence-electron chi connectivity index (χ1n) is 5.51. The van der Waals surface area contributed by atoms with Crippen molar-refractivity contribution in [3.63, 3.8) is 0 Å². The van der Waals surface area contributed by atoms with Gasteiger partial charge >= 0.3 is 11.9 Å². The van der Waals surface area contributed by atoms with E-state index < -0.39 is 23.9 Å². The van der Waals surface area contributed by atoms with E-state index in [-0.39, 0.29) is 18.4 Å². The monoisotopic (exact) mass is 363 g/mol. The number of hydrogen-bond donors (Lipinski definition) is 3. The maximum Gasteiger partial charge on any atom is 0.326 e. The molecular formula is C12H11BrClNO5. The summed E-state index contributed by atoms with van der Waals surface area (Å²) in [6, 6.07) is 3.13. The van der Waals surface area contributed by atoms with Crippen LogP contribution in [0.2, 0.25) is 5.02 Å². The molecule has 0 fully saturated rings. The van der Waals surface area contributed by atoms with E-state index in [4.69, 9.17) is 21.8 Å². The van der Waals surface area contributed by atoms with Crippen LogP contribution in [0.25, 0.3) is 0 Å². The van der Waals surface area contributed by atoms with Crippen LogP contribution in [0.3, 0.4) is 0 Å². The van der Waals surface area contributed by atoms with Gasteiger partial charge in [0.1, 0.15) is 6.04 Å². The van der Waals surface area contributed by atoms with Crippen LogP contribution in [0.5, 0.6) is 0 Å². The zero-order valence-electron chi connectivity index (χ0n) is 10.1. The number of hydrogen-bond acceptors (Lipinski definition) is 3. The summed E-state index contributed by atoms with van der Waals surface area (Å²) in [5.41, 5.74) is 0.225. The summed E-state index contributed by atoms with van der Waals surface area (Å²) < 4.78 is 0.504. The van der Waals surface area contributed by atoms with E-state index in [9.17, 15) is 14.4 Å². The lowest BCUT2D eigenvalue weighted by Crippen LogP contribution is -2.41. The first-order valence-corrected chi connectivity index (χ1v) is 6.69. The molecule has 1 aromatic carbocycles. The minimum Gasteiger partial charge on any atom is -0.481 e. The van der Waals surface area contributed by atoms with Crippen LogP contribution in [0.4, 0.5) is 0 Å². The molecule has 1 amide bonds. The molecule has 0 aliphatic carbocycles. The highest BCUT2D eigenvalue weighted by Gasteiger charge is 2.21. The SMILES string of the molecule is O=C(O)CC[C@H](NC(=O)c1ccc(Cl)c(Br)c1)C(=O)O. The van der Waals surface area contributed by atoms with Gasteiger partial charge in [-0.3, -0.25) is 9.59 Å². The van der Waals surface area contributed by atoms with Gasteiger partial charge < -0.3 is 15.5 Å². The van der Waals surface area contributed by atoms with Gasteiger partial charge in [0, 0.05) is 16.5 Å². The highest BCUT2D eigenvalue weighted by Crippen LogP contribution is 2.23.